The molecule has 1 aromatic heterocycles. The number of hydrogen-bond donors (Lipinski definition) is 2. The van der Waals surface area contributed by atoms with E-state index in [9.17, 15) is 0 Å². The third-order valence-electron chi connectivity index (χ3n) is 2.44. The van der Waals surface area contributed by atoms with Crippen LogP contribution in [0.4, 0.5) is 11.4 Å². The van der Waals surface area contributed by atoms with Crippen molar-refractivity contribution in [3.05, 3.63) is 38.8 Å². The largest absolute Gasteiger partial charge is 0.398 e. The zero-order valence-electron chi connectivity index (χ0n) is 9.75. The fraction of sp³-hybridized carbons (Fsp3) is 0.250. The van der Waals surface area contributed by atoms with E-state index in [-0.39, 0.29) is 0 Å². The highest BCUT2D eigenvalue weighted by atomic mass is 35.5. The lowest BCUT2D eigenvalue weighted by Gasteiger charge is -2.10. The van der Waals surface area contributed by atoms with Gasteiger partial charge in [-0.25, -0.2) is 4.98 Å². The van der Waals surface area contributed by atoms with Gasteiger partial charge in [0.2, 0.25) is 0 Å². The molecule has 5 heteroatoms. The van der Waals surface area contributed by atoms with Crippen molar-refractivity contribution >= 4 is 34.3 Å². The molecule has 0 atom stereocenters. The molecule has 0 aliphatic heterocycles. The molecule has 0 aliphatic carbocycles. The lowest BCUT2D eigenvalue weighted by atomic mass is 10.2. The Morgan fingerprint density at radius 1 is 1.41 bits per heavy atom. The molecule has 0 aliphatic rings. The van der Waals surface area contributed by atoms with Crippen molar-refractivity contribution < 1.29 is 0 Å². The second-order valence-electron chi connectivity index (χ2n) is 3.92. The Bertz CT molecular complexity index is 537. The average Bonchev–Trinajstić information content (AvgIpc) is 2.68. The van der Waals surface area contributed by atoms with Crippen LogP contribution in [-0.2, 0) is 6.54 Å². The van der Waals surface area contributed by atoms with E-state index in [1.54, 1.807) is 11.3 Å². The molecular weight excluding hydrogens is 254 g/mol. The van der Waals surface area contributed by atoms with Crippen LogP contribution in [0.2, 0.25) is 5.02 Å². The number of nitrogens with zero attached hydrogens (tertiary/aromatic N) is 1. The number of benzene rings is 1. The van der Waals surface area contributed by atoms with Crippen molar-refractivity contribution in [3.8, 4) is 0 Å². The van der Waals surface area contributed by atoms with Gasteiger partial charge in [0.25, 0.3) is 0 Å². The summed E-state index contributed by atoms with van der Waals surface area (Å²) in [6.45, 7) is 4.70. The molecule has 0 saturated heterocycles. The fourth-order valence-corrected chi connectivity index (χ4v) is 2.42. The van der Waals surface area contributed by atoms with E-state index >= 15 is 0 Å². The number of nitrogen functional groups attached to an aromatic ring is 1. The van der Waals surface area contributed by atoms with Gasteiger partial charge in [-0.1, -0.05) is 11.6 Å². The summed E-state index contributed by atoms with van der Waals surface area (Å²) >= 11 is 7.64. The number of aromatic nitrogens is 1. The monoisotopic (exact) mass is 267 g/mol. The molecule has 2 aromatic rings. The number of thiazole rings is 1. The zero-order valence-corrected chi connectivity index (χ0v) is 11.3. The SMILES string of the molecule is Cc1csc(CNc2cc(Cl)c(N)cc2C)n1. The maximum Gasteiger partial charge on any atom is 0.112 e. The summed E-state index contributed by atoms with van der Waals surface area (Å²) in [4.78, 5) is 4.39. The van der Waals surface area contributed by atoms with Crippen molar-refractivity contribution in [2.75, 3.05) is 11.1 Å². The molecule has 0 bridgehead atoms. The van der Waals surface area contributed by atoms with Crippen LogP contribution >= 0.6 is 22.9 Å². The fourth-order valence-electron chi connectivity index (χ4n) is 1.55. The van der Waals surface area contributed by atoms with E-state index in [4.69, 9.17) is 17.3 Å². The van der Waals surface area contributed by atoms with Crippen LogP contribution in [0.5, 0.6) is 0 Å². The van der Waals surface area contributed by atoms with Crippen LogP contribution in [0.15, 0.2) is 17.5 Å². The molecule has 3 N–H and O–H groups in total. The topological polar surface area (TPSA) is 50.9 Å². The Morgan fingerprint density at radius 2 is 2.18 bits per heavy atom. The molecule has 1 aromatic carbocycles. The lowest BCUT2D eigenvalue weighted by Crippen LogP contribution is -2.01. The van der Waals surface area contributed by atoms with Gasteiger partial charge in [0, 0.05) is 16.8 Å². The molecule has 17 heavy (non-hydrogen) atoms. The third kappa shape index (κ3) is 2.90. The van der Waals surface area contributed by atoms with Crippen LogP contribution in [0.1, 0.15) is 16.3 Å². The molecule has 0 fully saturated rings. The molecular formula is C12H14ClN3S. The van der Waals surface area contributed by atoms with Crippen LogP contribution in [0.3, 0.4) is 0 Å². The quantitative estimate of drug-likeness (QED) is 0.836. The van der Waals surface area contributed by atoms with Crippen LogP contribution in [0, 0.1) is 13.8 Å². The minimum Gasteiger partial charge on any atom is -0.398 e. The Kier molecular flexibility index (Phi) is 3.54. The van der Waals surface area contributed by atoms with Crippen molar-refractivity contribution in [1.29, 1.82) is 0 Å². The number of halogens is 1. The number of aryl methyl sites for hydroxylation is 2. The van der Waals surface area contributed by atoms with E-state index in [2.05, 4.69) is 10.3 Å². The molecule has 0 unspecified atom stereocenters. The van der Waals surface area contributed by atoms with Crippen molar-refractivity contribution in [2.45, 2.75) is 20.4 Å². The van der Waals surface area contributed by atoms with Gasteiger partial charge in [-0.3, -0.25) is 0 Å². The van der Waals surface area contributed by atoms with Gasteiger partial charge in [-0.05, 0) is 31.5 Å². The highest BCUT2D eigenvalue weighted by Crippen LogP contribution is 2.27. The molecule has 3 nitrogen and oxygen atoms in total. The summed E-state index contributed by atoms with van der Waals surface area (Å²) in [7, 11) is 0. The molecule has 0 radical (unpaired) electrons. The molecule has 1 heterocycles. The molecule has 0 spiro atoms. The molecule has 0 saturated carbocycles. The minimum atomic E-state index is 0.577. The Morgan fingerprint density at radius 3 is 2.82 bits per heavy atom. The van der Waals surface area contributed by atoms with Crippen LogP contribution < -0.4 is 11.1 Å². The third-order valence-corrected chi connectivity index (χ3v) is 3.73. The Hall–Kier alpha value is -1.26. The average molecular weight is 268 g/mol. The molecule has 0 amide bonds. The van der Waals surface area contributed by atoms with Gasteiger partial charge in [-0.2, -0.15) is 0 Å². The van der Waals surface area contributed by atoms with Crippen LogP contribution in [0.25, 0.3) is 0 Å². The van der Waals surface area contributed by atoms with Crippen molar-refractivity contribution in [3.63, 3.8) is 0 Å². The Balaban J connectivity index is 2.11. The first kappa shape index (κ1) is 12.2. The number of nitrogens with one attached hydrogen (secondary N) is 1. The van der Waals surface area contributed by atoms with E-state index in [0.717, 1.165) is 22.0 Å². The standard InChI is InChI=1S/C12H14ClN3S/c1-7-3-10(14)9(13)4-11(7)15-5-12-16-8(2)6-17-12/h3-4,6,15H,5,14H2,1-2H3. The van der Waals surface area contributed by atoms with Gasteiger partial charge in [0.05, 0.1) is 17.3 Å². The lowest BCUT2D eigenvalue weighted by molar-refractivity contribution is 1.07. The highest BCUT2D eigenvalue weighted by Gasteiger charge is 2.04. The number of nitrogens with two attached hydrogens (primary N) is 1. The predicted octanol–water partition coefficient (Wildman–Crippen LogP) is 3.61. The molecule has 90 valence electrons. The van der Waals surface area contributed by atoms with Crippen molar-refractivity contribution in [2.24, 2.45) is 0 Å². The summed E-state index contributed by atoms with van der Waals surface area (Å²) in [6.07, 6.45) is 0. The summed E-state index contributed by atoms with van der Waals surface area (Å²) in [5.74, 6) is 0. The second-order valence-corrected chi connectivity index (χ2v) is 5.27. The maximum absolute atomic E-state index is 5.99. The van der Waals surface area contributed by atoms with E-state index in [1.165, 1.54) is 0 Å². The van der Waals surface area contributed by atoms with E-state index in [1.807, 2.05) is 31.4 Å². The smallest absolute Gasteiger partial charge is 0.112 e. The van der Waals surface area contributed by atoms with E-state index in [0.29, 0.717) is 17.3 Å². The van der Waals surface area contributed by atoms with Gasteiger partial charge in [0.1, 0.15) is 5.01 Å². The predicted molar refractivity (Wildman–Crippen MR) is 74.8 cm³/mol. The summed E-state index contributed by atoms with van der Waals surface area (Å²) < 4.78 is 0. The van der Waals surface area contributed by atoms with E-state index < -0.39 is 0 Å². The van der Waals surface area contributed by atoms with Gasteiger partial charge >= 0.3 is 0 Å². The zero-order chi connectivity index (χ0) is 12.4. The van der Waals surface area contributed by atoms with Gasteiger partial charge in [0.15, 0.2) is 0 Å². The number of rotatable bonds is 3. The van der Waals surface area contributed by atoms with Gasteiger partial charge < -0.3 is 11.1 Å². The molecule has 2 rings (SSSR count). The minimum absolute atomic E-state index is 0.577. The normalized spacial score (nSPS) is 10.5. The highest BCUT2D eigenvalue weighted by molar-refractivity contribution is 7.09. The van der Waals surface area contributed by atoms with Crippen molar-refractivity contribution in [1.82, 2.24) is 4.98 Å². The summed E-state index contributed by atoms with van der Waals surface area (Å²) in [6, 6.07) is 3.73. The maximum atomic E-state index is 5.99. The second kappa shape index (κ2) is 4.94. The first-order valence-electron chi connectivity index (χ1n) is 5.27. The summed E-state index contributed by atoms with van der Waals surface area (Å²) in [5, 5.41) is 7.00. The van der Waals surface area contributed by atoms with Crippen LogP contribution in [-0.4, -0.2) is 4.98 Å². The first-order chi connectivity index (χ1) is 8.06. The number of hydrogen-bond acceptors (Lipinski definition) is 4. The summed E-state index contributed by atoms with van der Waals surface area (Å²) in [5.41, 5.74) is 9.48. The Labute approximate surface area is 110 Å². The number of anilines is 2. The van der Waals surface area contributed by atoms with Gasteiger partial charge in [-0.15, -0.1) is 11.3 Å². The first-order valence-corrected chi connectivity index (χ1v) is 6.52.